The van der Waals surface area contributed by atoms with Crippen LogP contribution < -0.4 is 0 Å². The van der Waals surface area contributed by atoms with E-state index in [0.29, 0.717) is 12.2 Å². The number of fused-ring (bicyclic) bond motifs is 1. The molecule has 3 rings (SSSR count). The van der Waals surface area contributed by atoms with Gasteiger partial charge in [-0.3, -0.25) is 9.48 Å². The summed E-state index contributed by atoms with van der Waals surface area (Å²) >= 11 is 0. The van der Waals surface area contributed by atoms with Crippen LogP contribution in [0.25, 0.3) is 10.9 Å². The number of aromatic nitrogens is 2. The van der Waals surface area contributed by atoms with Gasteiger partial charge in [0.05, 0.1) is 24.2 Å². The molecule has 4 nitrogen and oxygen atoms in total. The van der Waals surface area contributed by atoms with Crippen LogP contribution in [0.3, 0.4) is 0 Å². The van der Waals surface area contributed by atoms with Crippen molar-refractivity contribution in [2.45, 2.75) is 13.0 Å². The first-order valence-electron chi connectivity index (χ1n) is 6.54. The van der Waals surface area contributed by atoms with Crippen molar-refractivity contribution in [3.63, 3.8) is 0 Å². The lowest BCUT2D eigenvalue weighted by atomic mass is 10.1. The largest absolute Gasteiger partial charge is 0.481 e. The van der Waals surface area contributed by atoms with Crippen molar-refractivity contribution < 1.29 is 14.3 Å². The van der Waals surface area contributed by atoms with Crippen LogP contribution in [-0.4, -0.2) is 20.9 Å². The first-order chi connectivity index (χ1) is 10.1. The van der Waals surface area contributed by atoms with Crippen molar-refractivity contribution in [1.29, 1.82) is 0 Å². The van der Waals surface area contributed by atoms with E-state index in [4.69, 9.17) is 5.11 Å². The summed E-state index contributed by atoms with van der Waals surface area (Å²) in [6, 6.07) is 13.7. The Bertz CT molecular complexity index is 794. The molecule has 2 aromatic carbocycles. The molecule has 0 bridgehead atoms. The smallest absolute Gasteiger partial charge is 0.309 e. The van der Waals surface area contributed by atoms with Gasteiger partial charge >= 0.3 is 5.97 Å². The maximum Gasteiger partial charge on any atom is 0.309 e. The van der Waals surface area contributed by atoms with Crippen molar-refractivity contribution >= 4 is 16.9 Å². The molecule has 0 atom stereocenters. The normalized spacial score (nSPS) is 10.9. The van der Waals surface area contributed by atoms with Gasteiger partial charge in [-0.15, -0.1) is 0 Å². The topological polar surface area (TPSA) is 55.1 Å². The molecule has 0 saturated carbocycles. The number of benzene rings is 2. The number of hydrogen-bond acceptors (Lipinski definition) is 2. The molecule has 1 N–H and O–H groups in total. The van der Waals surface area contributed by atoms with Gasteiger partial charge in [0.1, 0.15) is 5.82 Å². The fourth-order valence-electron chi connectivity index (χ4n) is 2.35. The monoisotopic (exact) mass is 284 g/mol. The van der Waals surface area contributed by atoms with E-state index in [1.165, 1.54) is 12.1 Å². The van der Waals surface area contributed by atoms with Crippen LogP contribution in [0.15, 0.2) is 48.5 Å². The zero-order chi connectivity index (χ0) is 14.8. The standard InChI is InChI=1S/C16H13FN2O2/c17-12-7-5-11(6-8-12)10-19-15-4-2-1-3-13(15)14(18-19)9-16(20)21/h1-8H,9-10H2,(H,20,21). The van der Waals surface area contributed by atoms with Gasteiger partial charge in [0, 0.05) is 5.39 Å². The third-order valence-corrected chi connectivity index (χ3v) is 3.30. The molecule has 0 spiro atoms. The summed E-state index contributed by atoms with van der Waals surface area (Å²) in [5.41, 5.74) is 2.32. The summed E-state index contributed by atoms with van der Waals surface area (Å²) in [6.07, 6.45) is -0.114. The second-order valence-corrected chi connectivity index (χ2v) is 4.82. The van der Waals surface area contributed by atoms with Gasteiger partial charge in [0.15, 0.2) is 0 Å². The van der Waals surface area contributed by atoms with Crippen LogP contribution in [0.2, 0.25) is 0 Å². The minimum Gasteiger partial charge on any atom is -0.481 e. The second-order valence-electron chi connectivity index (χ2n) is 4.82. The zero-order valence-corrected chi connectivity index (χ0v) is 11.2. The molecule has 0 radical (unpaired) electrons. The Morgan fingerprint density at radius 2 is 1.86 bits per heavy atom. The number of para-hydroxylation sites is 1. The molecular formula is C16H13FN2O2. The minimum atomic E-state index is -0.910. The van der Waals surface area contributed by atoms with E-state index in [2.05, 4.69) is 5.10 Å². The van der Waals surface area contributed by atoms with E-state index in [9.17, 15) is 9.18 Å². The Morgan fingerprint density at radius 3 is 2.57 bits per heavy atom. The summed E-state index contributed by atoms with van der Waals surface area (Å²) in [5, 5.41) is 14.2. The van der Waals surface area contributed by atoms with Crippen molar-refractivity contribution in [3.8, 4) is 0 Å². The SMILES string of the molecule is O=C(O)Cc1nn(Cc2ccc(F)cc2)c2ccccc12. The Hall–Kier alpha value is -2.69. The molecular weight excluding hydrogens is 271 g/mol. The van der Waals surface area contributed by atoms with E-state index in [1.807, 2.05) is 24.3 Å². The average molecular weight is 284 g/mol. The van der Waals surface area contributed by atoms with E-state index >= 15 is 0 Å². The molecule has 0 saturated heterocycles. The maximum atomic E-state index is 12.9. The van der Waals surface area contributed by atoms with Crippen LogP contribution in [0, 0.1) is 5.82 Å². The van der Waals surface area contributed by atoms with Gasteiger partial charge in [-0.2, -0.15) is 5.10 Å². The lowest BCUT2D eigenvalue weighted by molar-refractivity contribution is -0.136. The molecule has 5 heteroatoms. The zero-order valence-electron chi connectivity index (χ0n) is 11.2. The summed E-state index contributed by atoms with van der Waals surface area (Å²) in [4.78, 5) is 10.9. The van der Waals surface area contributed by atoms with Crippen molar-refractivity contribution in [3.05, 3.63) is 65.6 Å². The third-order valence-electron chi connectivity index (χ3n) is 3.30. The lowest BCUT2D eigenvalue weighted by Gasteiger charge is -2.03. The van der Waals surface area contributed by atoms with Gasteiger partial charge in [-0.1, -0.05) is 30.3 Å². The summed E-state index contributed by atoms with van der Waals surface area (Å²) < 4.78 is 14.7. The van der Waals surface area contributed by atoms with Gasteiger partial charge in [0.2, 0.25) is 0 Å². The number of nitrogens with zero attached hydrogens (tertiary/aromatic N) is 2. The highest BCUT2D eigenvalue weighted by Gasteiger charge is 2.13. The summed E-state index contributed by atoms with van der Waals surface area (Å²) in [7, 11) is 0. The van der Waals surface area contributed by atoms with Crippen molar-refractivity contribution in [2.75, 3.05) is 0 Å². The fraction of sp³-hybridized carbons (Fsp3) is 0.125. The maximum absolute atomic E-state index is 12.9. The van der Waals surface area contributed by atoms with Crippen LogP contribution in [0.4, 0.5) is 4.39 Å². The Labute approximate surface area is 120 Å². The first-order valence-corrected chi connectivity index (χ1v) is 6.54. The molecule has 106 valence electrons. The van der Waals surface area contributed by atoms with Gasteiger partial charge < -0.3 is 5.11 Å². The number of hydrogen-bond donors (Lipinski definition) is 1. The predicted octanol–water partition coefficient (Wildman–Crippen LogP) is 2.85. The number of carboxylic acid groups (broad SMARTS) is 1. The quantitative estimate of drug-likeness (QED) is 0.801. The van der Waals surface area contributed by atoms with Crippen LogP contribution >= 0.6 is 0 Å². The molecule has 0 unspecified atom stereocenters. The Balaban J connectivity index is 2.01. The first kappa shape index (κ1) is 13.3. The highest BCUT2D eigenvalue weighted by Crippen LogP contribution is 2.20. The van der Waals surface area contributed by atoms with Crippen molar-refractivity contribution in [1.82, 2.24) is 9.78 Å². The number of aliphatic carboxylic acids is 1. The van der Waals surface area contributed by atoms with E-state index in [1.54, 1.807) is 16.8 Å². The lowest BCUT2D eigenvalue weighted by Crippen LogP contribution is -2.05. The highest BCUT2D eigenvalue weighted by atomic mass is 19.1. The molecule has 0 amide bonds. The number of rotatable bonds is 4. The number of halogens is 1. The van der Waals surface area contributed by atoms with E-state index < -0.39 is 5.97 Å². The summed E-state index contributed by atoms with van der Waals surface area (Å²) in [5.74, 6) is -1.19. The fourth-order valence-corrected chi connectivity index (χ4v) is 2.35. The van der Waals surface area contributed by atoms with Gasteiger partial charge in [-0.25, -0.2) is 4.39 Å². The van der Waals surface area contributed by atoms with E-state index in [-0.39, 0.29) is 12.2 Å². The summed E-state index contributed by atoms with van der Waals surface area (Å²) in [6.45, 7) is 0.473. The minimum absolute atomic E-state index is 0.114. The molecule has 1 aromatic heterocycles. The Kier molecular flexibility index (Phi) is 3.39. The molecule has 21 heavy (non-hydrogen) atoms. The molecule has 0 aliphatic carbocycles. The van der Waals surface area contributed by atoms with E-state index in [0.717, 1.165) is 16.5 Å². The molecule has 0 aliphatic rings. The van der Waals surface area contributed by atoms with Crippen LogP contribution in [-0.2, 0) is 17.8 Å². The molecule has 0 fully saturated rings. The van der Waals surface area contributed by atoms with Crippen LogP contribution in [0.1, 0.15) is 11.3 Å². The highest BCUT2D eigenvalue weighted by molar-refractivity contribution is 5.85. The average Bonchev–Trinajstić information content (AvgIpc) is 2.79. The van der Waals surface area contributed by atoms with Crippen LogP contribution in [0.5, 0.6) is 0 Å². The number of carbonyl (C=O) groups is 1. The second kappa shape index (κ2) is 5.36. The molecule has 1 heterocycles. The third kappa shape index (κ3) is 2.76. The van der Waals surface area contributed by atoms with Crippen molar-refractivity contribution in [2.24, 2.45) is 0 Å². The Morgan fingerprint density at radius 1 is 1.14 bits per heavy atom. The number of carboxylic acids is 1. The van der Waals surface area contributed by atoms with Gasteiger partial charge in [-0.05, 0) is 23.8 Å². The predicted molar refractivity (Wildman–Crippen MR) is 76.6 cm³/mol. The molecule has 0 aliphatic heterocycles. The van der Waals surface area contributed by atoms with Gasteiger partial charge in [0.25, 0.3) is 0 Å². The molecule has 3 aromatic rings.